The highest BCUT2D eigenvalue weighted by molar-refractivity contribution is 5.96. The summed E-state index contributed by atoms with van der Waals surface area (Å²) < 4.78 is 43.9. The molecule has 6 heteroatoms. The number of halogens is 3. The molecule has 2 unspecified atom stereocenters. The number of ether oxygens (including phenoxy) is 1. The van der Waals surface area contributed by atoms with Crippen LogP contribution in [0.25, 0.3) is 0 Å². The summed E-state index contributed by atoms with van der Waals surface area (Å²) in [6.07, 6.45) is -2.95. The molecule has 0 saturated carbocycles. The second-order valence-electron chi connectivity index (χ2n) is 4.86. The lowest BCUT2D eigenvalue weighted by atomic mass is 10.0. The summed E-state index contributed by atoms with van der Waals surface area (Å²) in [6.45, 7) is 2.37. The van der Waals surface area contributed by atoms with Crippen LogP contribution in [0.2, 0.25) is 0 Å². The van der Waals surface area contributed by atoms with Crippen LogP contribution in [0.4, 0.5) is 13.2 Å². The van der Waals surface area contributed by atoms with E-state index in [9.17, 15) is 18.0 Å². The van der Waals surface area contributed by atoms with Crippen molar-refractivity contribution in [1.29, 1.82) is 0 Å². The van der Waals surface area contributed by atoms with E-state index in [4.69, 9.17) is 4.74 Å². The number of hydrogen-bond acceptors (Lipinski definition) is 2. The van der Waals surface area contributed by atoms with Crippen molar-refractivity contribution in [2.45, 2.75) is 38.1 Å². The van der Waals surface area contributed by atoms with Crippen LogP contribution in [0, 0.1) is 0 Å². The van der Waals surface area contributed by atoms with Crippen LogP contribution in [0.1, 0.15) is 35.7 Å². The van der Waals surface area contributed by atoms with Crippen LogP contribution in [0.5, 0.6) is 0 Å². The van der Waals surface area contributed by atoms with Gasteiger partial charge in [-0.1, -0.05) is 12.1 Å². The third kappa shape index (κ3) is 3.30. The molecule has 1 saturated heterocycles. The Bertz CT molecular complexity index is 482. The summed E-state index contributed by atoms with van der Waals surface area (Å²) in [7, 11) is 0. The van der Waals surface area contributed by atoms with Gasteiger partial charge >= 0.3 is 6.18 Å². The topological polar surface area (TPSA) is 38.3 Å². The van der Waals surface area contributed by atoms with Crippen molar-refractivity contribution in [1.82, 2.24) is 5.32 Å². The van der Waals surface area contributed by atoms with E-state index < -0.39 is 17.6 Å². The Labute approximate surface area is 115 Å². The third-order valence-electron chi connectivity index (χ3n) is 3.36. The molecule has 20 heavy (non-hydrogen) atoms. The largest absolute Gasteiger partial charge is 0.417 e. The van der Waals surface area contributed by atoms with Gasteiger partial charge in [-0.25, -0.2) is 0 Å². The van der Waals surface area contributed by atoms with E-state index in [1.165, 1.54) is 18.2 Å². The zero-order valence-corrected chi connectivity index (χ0v) is 11.0. The smallest absolute Gasteiger partial charge is 0.376 e. The molecule has 1 aromatic carbocycles. The molecule has 1 fully saturated rings. The van der Waals surface area contributed by atoms with E-state index in [0.29, 0.717) is 6.61 Å². The minimum absolute atomic E-state index is 0.128. The molecular weight excluding hydrogens is 271 g/mol. The molecule has 0 spiro atoms. The molecule has 1 aliphatic heterocycles. The van der Waals surface area contributed by atoms with Gasteiger partial charge in [0.05, 0.1) is 23.3 Å². The lowest BCUT2D eigenvalue weighted by Crippen LogP contribution is -2.41. The molecule has 0 bridgehead atoms. The van der Waals surface area contributed by atoms with Crippen molar-refractivity contribution in [2.24, 2.45) is 0 Å². The van der Waals surface area contributed by atoms with Gasteiger partial charge in [0.25, 0.3) is 5.91 Å². The Morgan fingerprint density at radius 1 is 1.40 bits per heavy atom. The first-order valence-electron chi connectivity index (χ1n) is 6.48. The van der Waals surface area contributed by atoms with E-state index in [1.807, 2.05) is 0 Å². The van der Waals surface area contributed by atoms with Gasteiger partial charge in [-0.3, -0.25) is 4.79 Å². The molecule has 1 aromatic rings. The summed E-state index contributed by atoms with van der Waals surface area (Å²) in [5.74, 6) is -0.721. The van der Waals surface area contributed by atoms with Gasteiger partial charge in [-0.2, -0.15) is 13.2 Å². The van der Waals surface area contributed by atoms with Crippen molar-refractivity contribution < 1.29 is 22.7 Å². The lowest BCUT2D eigenvalue weighted by molar-refractivity contribution is -0.137. The molecule has 0 aromatic heterocycles. The van der Waals surface area contributed by atoms with Crippen LogP contribution in [-0.2, 0) is 10.9 Å². The first-order chi connectivity index (χ1) is 9.39. The van der Waals surface area contributed by atoms with Crippen molar-refractivity contribution in [3.8, 4) is 0 Å². The minimum atomic E-state index is -4.54. The van der Waals surface area contributed by atoms with E-state index in [0.717, 1.165) is 18.9 Å². The van der Waals surface area contributed by atoms with Gasteiger partial charge in [0, 0.05) is 6.61 Å². The van der Waals surface area contributed by atoms with Crippen molar-refractivity contribution >= 4 is 5.91 Å². The molecule has 1 heterocycles. The SMILES string of the molecule is CC(NC(=O)c1ccccc1C(F)(F)F)C1CCCO1. The van der Waals surface area contributed by atoms with E-state index >= 15 is 0 Å². The predicted molar refractivity (Wildman–Crippen MR) is 67.3 cm³/mol. The van der Waals surface area contributed by atoms with Crippen LogP contribution in [0.15, 0.2) is 24.3 Å². The molecular formula is C14H16F3NO2. The highest BCUT2D eigenvalue weighted by Crippen LogP contribution is 2.31. The molecule has 0 aliphatic carbocycles. The Morgan fingerprint density at radius 2 is 2.10 bits per heavy atom. The average molecular weight is 287 g/mol. The summed E-state index contributed by atoms with van der Waals surface area (Å²) in [4.78, 5) is 12.0. The van der Waals surface area contributed by atoms with E-state index in [-0.39, 0.29) is 17.7 Å². The molecule has 1 N–H and O–H groups in total. The lowest BCUT2D eigenvalue weighted by Gasteiger charge is -2.21. The summed E-state index contributed by atoms with van der Waals surface area (Å²) in [5, 5.41) is 2.59. The Balaban J connectivity index is 2.13. The number of nitrogens with one attached hydrogen (secondary N) is 1. The van der Waals surface area contributed by atoms with Gasteiger partial charge in [0.15, 0.2) is 0 Å². The van der Waals surface area contributed by atoms with E-state index in [1.54, 1.807) is 6.92 Å². The number of amides is 1. The molecule has 0 radical (unpaired) electrons. The molecule has 3 nitrogen and oxygen atoms in total. The average Bonchev–Trinajstić information content (AvgIpc) is 2.91. The predicted octanol–water partition coefficient (Wildman–Crippen LogP) is 3.00. The molecule has 1 amide bonds. The summed E-state index contributed by atoms with van der Waals surface area (Å²) >= 11 is 0. The minimum Gasteiger partial charge on any atom is -0.376 e. The maximum Gasteiger partial charge on any atom is 0.417 e. The van der Waals surface area contributed by atoms with Crippen LogP contribution in [-0.4, -0.2) is 24.7 Å². The quantitative estimate of drug-likeness (QED) is 0.928. The van der Waals surface area contributed by atoms with Crippen molar-refractivity contribution in [2.75, 3.05) is 6.61 Å². The van der Waals surface area contributed by atoms with Crippen LogP contribution < -0.4 is 5.32 Å². The van der Waals surface area contributed by atoms with E-state index in [2.05, 4.69) is 5.32 Å². The van der Waals surface area contributed by atoms with Crippen LogP contribution >= 0.6 is 0 Å². The fourth-order valence-corrected chi connectivity index (χ4v) is 2.30. The normalized spacial score (nSPS) is 20.7. The van der Waals surface area contributed by atoms with Gasteiger partial charge in [0.1, 0.15) is 0 Å². The molecule has 110 valence electrons. The highest BCUT2D eigenvalue weighted by Gasteiger charge is 2.35. The maximum absolute atomic E-state index is 12.8. The molecule has 1 aliphatic rings. The number of carbonyl (C=O) groups excluding carboxylic acids is 1. The Kier molecular flexibility index (Phi) is 4.32. The fourth-order valence-electron chi connectivity index (χ4n) is 2.30. The number of benzene rings is 1. The van der Waals surface area contributed by atoms with Gasteiger partial charge in [-0.05, 0) is 31.9 Å². The summed E-state index contributed by atoms with van der Waals surface area (Å²) in [5.41, 5.74) is -1.28. The van der Waals surface area contributed by atoms with Gasteiger partial charge < -0.3 is 10.1 Å². The number of rotatable bonds is 3. The van der Waals surface area contributed by atoms with Gasteiger partial charge in [0.2, 0.25) is 0 Å². The fraction of sp³-hybridized carbons (Fsp3) is 0.500. The zero-order valence-electron chi connectivity index (χ0n) is 11.0. The first-order valence-corrected chi connectivity index (χ1v) is 6.48. The Hall–Kier alpha value is -1.56. The number of hydrogen-bond donors (Lipinski definition) is 1. The van der Waals surface area contributed by atoms with Gasteiger partial charge in [-0.15, -0.1) is 0 Å². The van der Waals surface area contributed by atoms with Crippen molar-refractivity contribution in [3.63, 3.8) is 0 Å². The number of alkyl halides is 3. The van der Waals surface area contributed by atoms with Crippen molar-refractivity contribution in [3.05, 3.63) is 35.4 Å². The molecule has 2 atom stereocenters. The van der Waals surface area contributed by atoms with Crippen LogP contribution in [0.3, 0.4) is 0 Å². The monoisotopic (exact) mass is 287 g/mol. The Morgan fingerprint density at radius 3 is 2.70 bits per heavy atom. The first kappa shape index (κ1) is 14.8. The zero-order chi connectivity index (χ0) is 14.8. The summed E-state index contributed by atoms with van der Waals surface area (Å²) in [6, 6.07) is 4.46. The number of carbonyl (C=O) groups is 1. The standard InChI is InChI=1S/C14H16F3NO2/c1-9(12-7-4-8-20-12)18-13(19)10-5-2-3-6-11(10)14(15,16)17/h2-3,5-6,9,12H,4,7-8H2,1H3,(H,18,19). The second kappa shape index (κ2) is 5.83. The second-order valence-corrected chi connectivity index (χ2v) is 4.86. The third-order valence-corrected chi connectivity index (χ3v) is 3.36. The highest BCUT2D eigenvalue weighted by atomic mass is 19.4. The maximum atomic E-state index is 12.8. The molecule has 2 rings (SSSR count).